The van der Waals surface area contributed by atoms with E-state index in [9.17, 15) is 16.8 Å². The molecule has 7 nitrogen and oxygen atoms in total. The molecule has 2 heterocycles. The summed E-state index contributed by atoms with van der Waals surface area (Å²) in [6, 6.07) is 0. The van der Waals surface area contributed by atoms with Gasteiger partial charge in [-0.3, -0.25) is 0 Å². The number of hydrogen-bond donors (Lipinski definition) is 1. The van der Waals surface area contributed by atoms with E-state index in [0.717, 1.165) is 4.31 Å². The molecule has 1 saturated heterocycles. The number of hydrogen-bond acceptors (Lipinski definition) is 5. The van der Waals surface area contributed by atoms with Gasteiger partial charge in [-0.2, -0.15) is 4.31 Å². The highest BCUT2D eigenvalue weighted by Gasteiger charge is 2.31. The third kappa shape index (κ3) is 2.11. The van der Waals surface area contributed by atoms with E-state index >= 15 is 0 Å². The number of H-pyrrole nitrogens is 1. The Morgan fingerprint density at radius 3 is 2.44 bits per heavy atom. The number of nitrogens with one attached hydrogen (secondary N) is 1. The Kier molecular flexibility index (Phi) is 2.76. The molecule has 1 aliphatic heterocycles. The van der Waals surface area contributed by atoms with Crippen LogP contribution in [0.2, 0.25) is 0 Å². The van der Waals surface area contributed by atoms with E-state index in [1.165, 1.54) is 12.5 Å². The zero-order chi connectivity index (χ0) is 11.8. The van der Waals surface area contributed by atoms with Crippen LogP contribution in [0.25, 0.3) is 0 Å². The summed E-state index contributed by atoms with van der Waals surface area (Å²) >= 11 is 0. The van der Waals surface area contributed by atoms with Gasteiger partial charge in [-0.05, 0) is 0 Å². The fourth-order valence-corrected chi connectivity index (χ4v) is 4.23. The van der Waals surface area contributed by atoms with Gasteiger partial charge in [0.15, 0.2) is 14.9 Å². The van der Waals surface area contributed by atoms with Crippen molar-refractivity contribution in [2.24, 2.45) is 0 Å². The Bertz CT molecular complexity index is 547. The Labute approximate surface area is 93.5 Å². The maximum Gasteiger partial charge on any atom is 0.260 e. The number of nitrogens with zero attached hydrogens (tertiary/aromatic N) is 2. The van der Waals surface area contributed by atoms with E-state index in [0.29, 0.717) is 0 Å². The zero-order valence-corrected chi connectivity index (χ0v) is 9.96. The molecule has 2 rings (SSSR count). The van der Waals surface area contributed by atoms with Crippen LogP contribution in [-0.4, -0.2) is 55.7 Å². The fraction of sp³-hybridized carbons (Fsp3) is 0.571. The lowest BCUT2D eigenvalue weighted by Gasteiger charge is -2.24. The highest BCUT2D eigenvalue weighted by Crippen LogP contribution is 2.15. The van der Waals surface area contributed by atoms with E-state index in [2.05, 4.69) is 9.97 Å². The van der Waals surface area contributed by atoms with Crippen LogP contribution in [-0.2, 0) is 19.9 Å². The molecule has 0 aromatic carbocycles. The SMILES string of the molecule is O=S1(=O)CCN(S(=O)(=O)c2cnc[nH]2)CC1. The predicted octanol–water partition coefficient (Wildman–Crippen LogP) is -1.17. The summed E-state index contributed by atoms with van der Waals surface area (Å²) in [6.07, 6.45) is 2.48. The van der Waals surface area contributed by atoms with Crippen molar-refractivity contribution in [2.45, 2.75) is 5.03 Å². The number of sulfone groups is 1. The van der Waals surface area contributed by atoms with E-state index in [1.54, 1.807) is 0 Å². The van der Waals surface area contributed by atoms with Gasteiger partial charge in [0.2, 0.25) is 0 Å². The molecule has 90 valence electrons. The third-order valence-corrected chi connectivity index (χ3v) is 5.83. The van der Waals surface area contributed by atoms with Crippen molar-refractivity contribution in [3.63, 3.8) is 0 Å². The molecular formula is C7H11N3O4S2. The fourth-order valence-electron chi connectivity index (χ4n) is 1.46. The summed E-state index contributed by atoms with van der Waals surface area (Å²) in [6.45, 7) is 0.00731. The molecule has 0 atom stereocenters. The second kappa shape index (κ2) is 3.82. The molecule has 1 N–H and O–H groups in total. The summed E-state index contributed by atoms with van der Waals surface area (Å²) < 4.78 is 47.3. The molecule has 0 bridgehead atoms. The number of aromatic nitrogens is 2. The van der Waals surface area contributed by atoms with Gasteiger partial charge in [0.05, 0.1) is 24.0 Å². The Morgan fingerprint density at radius 2 is 1.94 bits per heavy atom. The molecular weight excluding hydrogens is 254 g/mol. The summed E-state index contributed by atoms with van der Waals surface area (Å²) in [5.74, 6) is -0.249. The van der Waals surface area contributed by atoms with Crippen molar-refractivity contribution >= 4 is 19.9 Å². The maximum absolute atomic E-state index is 11.9. The van der Waals surface area contributed by atoms with Crippen molar-refractivity contribution in [2.75, 3.05) is 24.6 Å². The molecule has 1 fully saturated rings. The average Bonchev–Trinajstić information content (AvgIpc) is 2.70. The third-order valence-electron chi connectivity index (χ3n) is 2.39. The van der Waals surface area contributed by atoms with Crippen molar-refractivity contribution in [3.8, 4) is 0 Å². The second-order valence-corrected chi connectivity index (χ2v) is 7.68. The van der Waals surface area contributed by atoms with Crippen molar-refractivity contribution in [1.29, 1.82) is 0 Å². The zero-order valence-electron chi connectivity index (χ0n) is 8.33. The van der Waals surface area contributed by atoms with Crippen molar-refractivity contribution in [3.05, 3.63) is 12.5 Å². The molecule has 1 aromatic heterocycles. The van der Waals surface area contributed by atoms with E-state index < -0.39 is 19.9 Å². The van der Waals surface area contributed by atoms with Gasteiger partial charge in [0, 0.05) is 13.1 Å². The lowest BCUT2D eigenvalue weighted by molar-refractivity contribution is 0.429. The first kappa shape index (κ1) is 11.6. The predicted molar refractivity (Wildman–Crippen MR) is 56.0 cm³/mol. The Balaban J connectivity index is 2.22. The van der Waals surface area contributed by atoms with Crippen LogP contribution in [0.5, 0.6) is 0 Å². The van der Waals surface area contributed by atoms with Gasteiger partial charge >= 0.3 is 0 Å². The molecule has 9 heteroatoms. The van der Waals surface area contributed by atoms with Crippen LogP contribution in [0.15, 0.2) is 17.6 Å². The van der Waals surface area contributed by atoms with Crippen LogP contribution in [0.4, 0.5) is 0 Å². The highest BCUT2D eigenvalue weighted by molar-refractivity contribution is 7.92. The first-order valence-electron chi connectivity index (χ1n) is 4.61. The van der Waals surface area contributed by atoms with Crippen molar-refractivity contribution < 1.29 is 16.8 Å². The van der Waals surface area contributed by atoms with Gasteiger partial charge < -0.3 is 4.98 Å². The van der Waals surface area contributed by atoms with Gasteiger partial charge in [0.25, 0.3) is 10.0 Å². The lowest BCUT2D eigenvalue weighted by atomic mass is 10.6. The molecule has 0 radical (unpaired) electrons. The molecule has 1 aliphatic rings. The topological polar surface area (TPSA) is 100 Å². The minimum atomic E-state index is -3.62. The van der Waals surface area contributed by atoms with Gasteiger partial charge in [-0.15, -0.1) is 0 Å². The quantitative estimate of drug-likeness (QED) is 0.726. The lowest BCUT2D eigenvalue weighted by Crippen LogP contribution is -2.43. The first-order chi connectivity index (χ1) is 7.42. The van der Waals surface area contributed by atoms with Crippen LogP contribution < -0.4 is 0 Å². The minimum absolute atomic E-state index is 0.00366. The normalized spacial score (nSPS) is 22.0. The molecule has 0 spiro atoms. The van der Waals surface area contributed by atoms with Gasteiger partial charge in [-0.25, -0.2) is 21.8 Å². The summed E-state index contributed by atoms with van der Waals surface area (Å²) in [7, 11) is -6.69. The molecule has 1 aromatic rings. The van der Waals surface area contributed by atoms with Crippen molar-refractivity contribution in [1.82, 2.24) is 14.3 Å². The number of imidazole rings is 1. The molecule has 0 aliphatic carbocycles. The maximum atomic E-state index is 11.9. The number of sulfonamides is 1. The van der Waals surface area contributed by atoms with Crippen LogP contribution in [0.1, 0.15) is 0 Å². The van der Waals surface area contributed by atoms with Crippen LogP contribution in [0, 0.1) is 0 Å². The average molecular weight is 265 g/mol. The molecule has 0 saturated carbocycles. The van der Waals surface area contributed by atoms with E-state index in [1.807, 2.05) is 0 Å². The monoisotopic (exact) mass is 265 g/mol. The number of rotatable bonds is 2. The van der Waals surface area contributed by atoms with Gasteiger partial charge in [-0.1, -0.05) is 0 Å². The molecule has 0 unspecified atom stereocenters. The standard InChI is InChI=1S/C7H11N3O4S2/c11-15(12)3-1-10(2-4-15)16(13,14)7-5-8-6-9-7/h5-6H,1-4H2,(H,8,9). The minimum Gasteiger partial charge on any atom is -0.335 e. The Hall–Kier alpha value is -0.930. The summed E-state index contributed by atoms with van der Waals surface area (Å²) in [5, 5.41) is -0.00759. The number of aromatic amines is 1. The van der Waals surface area contributed by atoms with Gasteiger partial charge in [0.1, 0.15) is 0 Å². The summed E-state index contributed by atoms with van der Waals surface area (Å²) in [5.41, 5.74) is 0. The second-order valence-electron chi connectivity index (χ2n) is 3.47. The largest absolute Gasteiger partial charge is 0.335 e. The van der Waals surface area contributed by atoms with Crippen LogP contribution >= 0.6 is 0 Å². The highest BCUT2D eigenvalue weighted by atomic mass is 32.2. The Morgan fingerprint density at radius 1 is 1.31 bits per heavy atom. The first-order valence-corrected chi connectivity index (χ1v) is 7.87. The summed E-state index contributed by atoms with van der Waals surface area (Å²) in [4.78, 5) is 6.14. The van der Waals surface area contributed by atoms with E-state index in [-0.39, 0.29) is 29.6 Å². The molecule has 0 amide bonds. The van der Waals surface area contributed by atoms with E-state index in [4.69, 9.17) is 0 Å². The smallest absolute Gasteiger partial charge is 0.260 e. The van der Waals surface area contributed by atoms with Crippen LogP contribution in [0.3, 0.4) is 0 Å². The molecule has 16 heavy (non-hydrogen) atoms.